The van der Waals surface area contributed by atoms with Gasteiger partial charge >= 0.3 is 0 Å². The number of benzene rings is 1. The lowest BCUT2D eigenvalue weighted by atomic mass is 9.81. The van der Waals surface area contributed by atoms with Crippen molar-refractivity contribution in [2.75, 3.05) is 27.4 Å². The molecule has 2 rings (SSSR count). The maximum Gasteiger partial charge on any atom is 0.255 e. The van der Waals surface area contributed by atoms with Crippen LogP contribution in [-0.4, -0.2) is 39.4 Å². The Hall–Kier alpha value is -1.75. The molecule has 1 heterocycles. The van der Waals surface area contributed by atoms with Gasteiger partial charge in [-0.2, -0.15) is 0 Å². The molecular weight excluding hydrogens is 294 g/mol. The minimum atomic E-state index is -0.135. The van der Waals surface area contributed by atoms with Crippen molar-refractivity contribution >= 4 is 5.91 Å². The van der Waals surface area contributed by atoms with E-state index in [9.17, 15) is 4.79 Å². The normalized spacial score (nSPS) is 21.1. The first-order chi connectivity index (χ1) is 10.9. The molecule has 128 valence electrons. The van der Waals surface area contributed by atoms with Gasteiger partial charge in [-0.05, 0) is 24.0 Å². The highest BCUT2D eigenvalue weighted by Gasteiger charge is 2.37. The quantitative estimate of drug-likeness (QED) is 0.906. The fourth-order valence-electron chi connectivity index (χ4n) is 3.11. The van der Waals surface area contributed by atoms with Gasteiger partial charge in [-0.25, -0.2) is 0 Å². The third-order valence-corrected chi connectivity index (χ3v) is 4.25. The highest BCUT2D eigenvalue weighted by Crippen LogP contribution is 2.34. The molecular formula is C18H27NO4. The Morgan fingerprint density at radius 2 is 2.04 bits per heavy atom. The fraction of sp³-hybridized carbons (Fsp3) is 0.611. The largest absolute Gasteiger partial charge is 0.497 e. The van der Waals surface area contributed by atoms with Gasteiger partial charge in [-0.1, -0.05) is 20.8 Å². The Labute approximate surface area is 138 Å². The molecule has 1 saturated heterocycles. The van der Waals surface area contributed by atoms with E-state index in [1.807, 2.05) is 0 Å². The molecule has 1 fully saturated rings. The smallest absolute Gasteiger partial charge is 0.255 e. The summed E-state index contributed by atoms with van der Waals surface area (Å²) in [6.07, 6.45) is 1.14. The van der Waals surface area contributed by atoms with Crippen LogP contribution >= 0.6 is 0 Å². The monoisotopic (exact) mass is 321 g/mol. The summed E-state index contributed by atoms with van der Waals surface area (Å²) in [5.74, 6) is 1.37. The summed E-state index contributed by atoms with van der Waals surface area (Å²) in [6, 6.07) is 5.19. The minimum absolute atomic E-state index is 0.0731. The van der Waals surface area contributed by atoms with Gasteiger partial charge in [0.2, 0.25) is 0 Å². The van der Waals surface area contributed by atoms with E-state index < -0.39 is 0 Å². The summed E-state index contributed by atoms with van der Waals surface area (Å²) >= 11 is 0. The van der Waals surface area contributed by atoms with Gasteiger partial charge < -0.3 is 19.5 Å². The number of amides is 1. The van der Waals surface area contributed by atoms with E-state index in [2.05, 4.69) is 26.1 Å². The van der Waals surface area contributed by atoms with Gasteiger partial charge in [0, 0.05) is 25.1 Å². The van der Waals surface area contributed by atoms with Gasteiger partial charge in [0.25, 0.3) is 5.91 Å². The molecule has 1 N–H and O–H groups in total. The lowest BCUT2D eigenvalue weighted by Gasteiger charge is -2.31. The second-order valence-electron chi connectivity index (χ2n) is 6.98. The van der Waals surface area contributed by atoms with Crippen LogP contribution in [0.2, 0.25) is 0 Å². The van der Waals surface area contributed by atoms with Crippen molar-refractivity contribution in [2.24, 2.45) is 11.3 Å². The van der Waals surface area contributed by atoms with Crippen LogP contribution in [0.5, 0.6) is 11.5 Å². The third-order valence-electron chi connectivity index (χ3n) is 4.25. The van der Waals surface area contributed by atoms with Crippen molar-refractivity contribution in [2.45, 2.75) is 33.3 Å². The van der Waals surface area contributed by atoms with E-state index in [-0.39, 0.29) is 17.4 Å². The summed E-state index contributed by atoms with van der Waals surface area (Å²) in [6.45, 7) is 7.88. The molecule has 0 aliphatic carbocycles. The zero-order chi connectivity index (χ0) is 17.0. The number of rotatable bonds is 5. The summed E-state index contributed by atoms with van der Waals surface area (Å²) in [5, 5.41) is 3.02. The topological polar surface area (TPSA) is 56.8 Å². The van der Waals surface area contributed by atoms with Crippen LogP contribution in [-0.2, 0) is 4.74 Å². The molecule has 0 saturated carbocycles. The second kappa shape index (κ2) is 7.21. The molecule has 23 heavy (non-hydrogen) atoms. The Balaban J connectivity index is 2.02. The SMILES string of the molecule is COc1ccc(C(=O)NC[C@H]2CCO[C@@H]2C(C)(C)C)c(OC)c1. The van der Waals surface area contributed by atoms with E-state index in [0.29, 0.717) is 29.5 Å². The number of nitrogens with one attached hydrogen (secondary N) is 1. The summed E-state index contributed by atoms with van der Waals surface area (Å²) < 4.78 is 16.3. The number of carbonyl (C=O) groups is 1. The first kappa shape index (κ1) is 17.6. The van der Waals surface area contributed by atoms with E-state index in [1.165, 1.54) is 0 Å². The molecule has 0 aromatic heterocycles. The number of hydrogen-bond donors (Lipinski definition) is 1. The van der Waals surface area contributed by atoms with Gasteiger partial charge in [0.05, 0.1) is 25.9 Å². The van der Waals surface area contributed by atoms with E-state index in [4.69, 9.17) is 14.2 Å². The first-order valence-corrected chi connectivity index (χ1v) is 7.98. The third kappa shape index (κ3) is 4.16. The van der Waals surface area contributed by atoms with Crippen molar-refractivity contribution in [3.63, 3.8) is 0 Å². The summed E-state index contributed by atoms with van der Waals surface area (Å²) in [5.41, 5.74) is 0.587. The number of hydrogen-bond acceptors (Lipinski definition) is 4. The molecule has 1 aliphatic heterocycles. The van der Waals surface area contributed by atoms with Crippen molar-refractivity contribution in [1.82, 2.24) is 5.32 Å². The first-order valence-electron chi connectivity index (χ1n) is 7.98. The summed E-state index contributed by atoms with van der Waals surface area (Å²) in [7, 11) is 3.13. The fourth-order valence-corrected chi connectivity index (χ4v) is 3.11. The van der Waals surface area contributed by atoms with Crippen LogP contribution in [0.1, 0.15) is 37.6 Å². The number of methoxy groups -OCH3 is 2. The maximum absolute atomic E-state index is 12.5. The number of carbonyl (C=O) groups excluding carboxylic acids is 1. The molecule has 2 atom stereocenters. The predicted octanol–water partition coefficient (Wildman–Crippen LogP) is 2.88. The molecule has 0 radical (unpaired) electrons. The minimum Gasteiger partial charge on any atom is -0.497 e. The van der Waals surface area contributed by atoms with Crippen molar-refractivity contribution < 1.29 is 19.0 Å². The highest BCUT2D eigenvalue weighted by atomic mass is 16.5. The molecule has 5 heteroatoms. The van der Waals surface area contributed by atoms with Gasteiger partial charge in [0.15, 0.2) is 0 Å². The van der Waals surface area contributed by atoms with Crippen LogP contribution in [0.25, 0.3) is 0 Å². The van der Waals surface area contributed by atoms with Crippen LogP contribution in [0.15, 0.2) is 18.2 Å². The zero-order valence-electron chi connectivity index (χ0n) is 14.6. The summed E-state index contributed by atoms with van der Waals surface area (Å²) in [4.78, 5) is 12.5. The zero-order valence-corrected chi connectivity index (χ0v) is 14.6. The van der Waals surface area contributed by atoms with Crippen LogP contribution < -0.4 is 14.8 Å². The molecule has 0 bridgehead atoms. The number of ether oxygens (including phenoxy) is 3. The predicted molar refractivity (Wildman–Crippen MR) is 89.2 cm³/mol. The molecule has 0 unspecified atom stereocenters. The molecule has 5 nitrogen and oxygen atoms in total. The molecule has 1 aromatic rings. The highest BCUT2D eigenvalue weighted by molar-refractivity contribution is 5.97. The molecule has 0 spiro atoms. The molecule has 1 aromatic carbocycles. The Morgan fingerprint density at radius 1 is 1.30 bits per heavy atom. The van der Waals surface area contributed by atoms with Gasteiger partial charge in [-0.3, -0.25) is 4.79 Å². The Kier molecular flexibility index (Phi) is 5.52. The van der Waals surface area contributed by atoms with E-state index in [0.717, 1.165) is 13.0 Å². The second-order valence-corrected chi connectivity index (χ2v) is 6.98. The Morgan fingerprint density at radius 3 is 2.65 bits per heavy atom. The van der Waals surface area contributed by atoms with Crippen molar-refractivity contribution in [1.29, 1.82) is 0 Å². The molecule has 1 amide bonds. The lowest BCUT2D eigenvalue weighted by Crippen LogP contribution is -2.38. The maximum atomic E-state index is 12.5. The van der Waals surface area contributed by atoms with Crippen LogP contribution in [0.4, 0.5) is 0 Å². The van der Waals surface area contributed by atoms with Crippen LogP contribution in [0, 0.1) is 11.3 Å². The standard InChI is InChI=1S/C18H27NO4/c1-18(2,3)16-12(8-9-23-16)11-19-17(20)14-7-6-13(21-4)10-15(14)22-5/h6-7,10,12,16H,8-9,11H2,1-5H3,(H,19,20)/t12-,16+/m1/s1. The Bertz CT molecular complexity index is 550. The average molecular weight is 321 g/mol. The van der Waals surface area contributed by atoms with Gasteiger partial charge in [0.1, 0.15) is 11.5 Å². The lowest BCUT2D eigenvalue weighted by molar-refractivity contribution is 0.00736. The van der Waals surface area contributed by atoms with E-state index >= 15 is 0 Å². The van der Waals surface area contributed by atoms with Gasteiger partial charge in [-0.15, -0.1) is 0 Å². The van der Waals surface area contributed by atoms with Crippen LogP contribution in [0.3, 0.4) is 0 Å². The van der Waals surface area contributed by atoms with Crippen molar-refractivity contribution in [3.8, 4) is 11.5 Å². The van der Waals surface area contributed by atoms with E-state index in [1.54, 1.807) is 32.4 Å². The molecule has 1 aliphatic rings. The average Bonchev–Trinajstić information content (AvgIpc) is 3.00. The van der Waals surface area contributed by atoms with Crippen molar-refractivity contribution in [3.05, 3.63) is 23.8 Å².